The molecule has 2 radical (unpaired) electrons. The first-order valence-corrected chi connectivity index (χ1v) is 12.2. The monoisotopic (exact) mass is 584 g/mol. The lowest BCUT2D eigenvalue weighted by atomic mass is 9.98. The van der Waals surface area contributed by atoms with Gasteiger partial charge in [0.15, 0.2) is 5.78 Å². The number of hydrogen-bond donors (Lipinski definition) is 1. The van der Waals surface area contributed by atoms with Crippen LogP contribution in [0.15, 0.2) is 57.5 Å². The first-order chi connectivity index (χ1) is 16.2. The number of aromatic nitrogens is 4. The number of ketones is 1. The van der Waals surface area contributed by atoms with Gasteiger partial charge in [0.2, 0.25) is 0 Å². The molecule has 7 nitrogen and oxygen atoms in total. The average molecular weight is 586 g/mol. The molecule has 2 aromatic carbocycles. The van der Waals surface area contributed by atoms with E-state index in [1.54, 1.807) is 13.0 Å². The molecule has 34 heavy (non-hydrogen) atoms. The second kappa shape index (κ2) is 12.4. The SMILES string of the molecule is CC(=O)c1cc2cc(Br)ccc2nn1.C[C@@H](O)c1cc2cc(Br)ccc2nn1.[B]C1CCCO1. The van der Waals surface area contributed by atoms with Gasteiger partial charge in [-0.2, -0.15) is 10.2 Å². The predicted octanol–water partition coefficient (Wildman–Crippen LogP) is 5.33. The number of aliphatic hydroxyl groups is 1. The van der Waals surface area contributed by atoms with E-state index in [0.29, 0.717) is 11.4 Å². The minimum atomic E-state index is -0.578. The number of aliphatic hydroxyl groups excluding tert-OH is 1. The van der Waals surface area contributed by atoms with Crippen molar-refractivity contribution in [2.75, 3.05) is 6.61 Å². The van der Waals surface area contributed by atoms with E-state index in [-0.39, 0.29) is 11.8 Å². The molecule has 0 saturated carbocycles. The standard InChI is InChI=1S/C10H9BrN2O.C10H7BrN2O.C4H7BO/c2*1-6(14)10-5-7-4-8(11)2-3-9(7)12-13-10;5-4-2-1-3-6-4/h2-6,14H,1H3;2-5H,1H3;4H,1-3H2/t6-;;/m1../s1. The van der Waals surface area contributed by atoms with E-state index in [9.17, 15) is 9.90 Å². The van der Waals surface area contributed by atoms with E-state index in [1.807, 2.05) is 42.5 Å². The maximum Gasteiger partial charge on any atom is 0.180 e. The van der Waals surface area contributed by atoms with E-state index in [0.717, 1.165) is 50.2 Å². The Morgan fingerprint density at radius 1 is 1.00 bits per heavy atom. The highest BCUT2D eigenvalue weighted by molar-refractivity contribution is 9.10. The molecule has 0 amide bonds. The fourth-order valence-corrected chi connectivity index (χ4v) is 3.78. The van der Waals surface area contributed by atoms with Gasteiger partial charge in [-0.1, -0.05) is 31.9 Å². The molecule has 2 aromatic heterocycles. The molecule has 3 heterocycles. The van der Waals surface area contributed by atoms with E-state index in [2.05, 4.69) is 52.3 Å². The molecule has 1 aliphatic rings. The van der Waals surface area contributed by atoms with Crippen LogP contribution in [0.1, 0.15) is 49.0 Å². The van der Waals surface area contributed by atoms with Crippen molar-refractivity contribution in [2.24, 2.45) is 0 Å². The number of carbonyl (C=O) groups excluding carboxylic acids is 1. The fourth-order valence-electron chi connectivity index (χ4n) is 3.03. The number of halogens is 2. The van der Waals surface area contributed by atoms with Crippen LogP contribution >= 0.6 is 31.9 Å². The molecule has 0 spiro atoms. The lowest BCUT2D eigenvalue weighted by Gasteiger charge is -2.03. The molecular formula is C24H23BBr2N4O3. The van der Waals surface area contributed by atoms with Crippen molar-refractivity contribution in [1.29, 1.82) is 0 Å². The molecule has 174 valence electrons. The van der Waals surface area contributed by atoms with E-state index in [4.69, 9.17) is 12.6 Å². The highest BCUT2D eigenvalue weighted by Gasteiger charge is 2.07. The lowest BCUT2D eigenvalue weighted by molar-refractivity contribution is 0.101. The summed E-state index contributed by atoms with van der Waals surface area (Å²) >= 11 is 6.74. The first-order valence-electron chi connectivity index (χ1n) is 10.6. The highest BCUT2D eigenvalue weighted by atomic mass is 79.9. The van der Waals surface area contributed by atoms with Gasteiger partial charge in [0.05, 0.1) is 22.8 Å². The quantitative estimate of drug-likeness (QED) is 0.251. The Balaban J connectivity index is 0.000000154. The summed E-state index contributed by atoms with van der Waals surface area (Å²) in [7, 11) is 5.31. The zero-order chi connectivity index (χ0) is 24.7. The van der Waals surface area contributed by atoms with Gasteiger partial charge in [-0.05, 0) is 68.3 Å². The van der Waals surface area contributed by atoms with Crippen LogP contribution in [-0.2, 0) is 4.74 Å². The second-order valence-electron chi connectivity index (χ2n) is 7.69. The van der Waals surface area contributed by atoms with Crippen molar-refractivity contribution in [3.05, 3.63) is 68.9 Å². The predicted molar refractivity (Wildman–Crippen MR) is 140 cm³/mol. The summed E-state index contributed by atoms with van der Waals surface area (Å²) in [5.74, 6) is -0.0700. The molecule has 5 rings (SSSR count). The van der Waals surface area contributed by atoms with Crippen molar-refractivity contribution in [2.45, 2.75) is 38.8 Å². The summed E-state index contributed by atoms with van der Waals surface area (Å²) in [6, 6.07) is 15.1. The van der Waals surface area contributed by atoms with Crippen LogP contribution in [0.25, 0.3) is 21.8 Å². The summed E-state index contributed by atoms with van der Waals surface area (Å²) in [6.45, 7) is 4.02. The van der Waals surface area contributed by atoms with Crippen LogP contribution in [0.5, 0.6) is 0 Å². The molecule has 10 heteroatoms. The van der Waals surface area contributed by atoms with E-state index < -0.39 is 6.10 Å². The summed E-state index contributed by atoms with van der Waals surface area (Å²) in [6.07, 6.45) is 1.60. The Morgan fingerprint density at radius 3 is 2.06 bits per heavy atom. The number of fused-ring (bicyclic) bond motifs is 2. The van der Waals surface area contributed by atoms with Gasteiger partial charge in [0, 0.05) is 39.3 Å². The number of benzene rings is 2. The maximum atomic E-state index is 11.1. The van der Waals surface area contributed by atoms with Gasteiger partial charge >= 0.3 is 0 Å². The minimum absolute atomic E-state index is 0.0463. The summed E-state index contributed by atoms with van der Waals surface area (Å²) < 4.78 is 6.89. The topological polar surface area (TPSA) is 98.1 Å². The van der Waals surface area contributed by atoms with Crippen molar-refractivity contribution < 1.29 is 14.6 Å². The van der Waals surface area contributed by atoms with Crippen LogP contribution < -0.4 is 0 Å². The minimum Gasteiger partial charge on any atom is -0.388 e. The van der Waals surface area contributed by atoms with Crippen LogP contribution in [0.2, 0.25) is 0 Å². The molecule has 1 aliphatic heterocycles. The van der Waals surface area contributed by atoms with Crippen LogP contribution in [-0.4, -0.2) is 51.7 Å². The molecule has 1 unspecified atom stereocenters. The molecule has 1 fully saturated rings. The zero-order valence-corrected chi connectivity index (χ0v) is 22.0. The van der Waals surface area contributed by atoms with Gasteiger partial charge in [-0.25, -0.2) is 0 Å². The highest BCUT2D eigenvalue weighted by Crippen LogP contribution is 2.20. The van der Waals surface area contributed by atoms with Gasteiger partial charge in [0.1, 0.15) is 13.5 Å². The zero-order valence-electron chi connectivity index (χ0n) is 18.8. The second-order valence-corrected chi connectivity index (χ2v) is 9.52. The molecule has 0 bridgehead atoms. The number of hydrogen-bond acceptors (Lipinski definition) is 7. The van der Waals surface area contributed by atoms with Crippen molar-refractivity contribution in [1.82, 2.24) is 20.4 Å². The number of nitrogens with zero attached hydrogens (tertiary/aromatic N) is 4. The number of Topliss-reactive ketones (excluding diaryl/α,β-unsaturated/α-hetero) is 1. The third kappa shape index (κ3) is 7.63. The number of carbonyl (C=O) groups is 1. The normalized spacial score (nSPS) is 15.7. The van der Waals surface area contributed by atoms with Gasteiger partial charge in [-0.3, -0.25) is 4.79 Å². The van der Waals surface area contributed by atoms with Crippen LogP contribution in [0, 0.1) is 0 Å². The van der Waals surface area contributed by atoms with Crippen LogP contribution in [0.4, 0.5) is 0 Å². The fraction of sp³-hybridized carbons (Fsp3) is 0.292. The Labute approximate surface area is 216 Å². The Hall–Kier alpha value is -2.27. The van der Waals surface area contributed by atoms with Crippen molar-refractivity contribution in [3.8, 4) is 0 Å². The maximum absolute atomic E-state index is 11.1. The molecule has 1 N–H and O–H groups in total. The first kappa shape index (κ1) is 26.3. The largest absolute Gasteiger partial charge is 0.388 e. The summed E-state index contributed by atoms with van der Waals surface area (Å²) in [4.78, 5) is 11.1. The molecular weight excluding hydrogens is 563 g/mol. The molecule has 0 aliphatic carbocycles. The van der Waals surface area contributed by atoms with Gasteiger partial charge < -0.3 is 9.84 Å². The Kier molecular flexibility index (Phi) is 9.64. The molecule has 4 aromatic rings. The average Bonchev–Trinajstić information content (AvgIpc) is 3.29. The molecule has 1 saturated heterocycles. The van der Waals surface area contributed by atoms with Crippen molar-refractivity contribution in [3.63, 3.8) is 0 Å². The van der Waals surface area contributed by atoms with Gasteiger partial charge in [-0.15, -0.1) is 10.2 Å². The molecule has 2 atom stereocenters. The van der Waals surface area contributed by atoms with Crippen LogP contribution in [0.3, 0.4) is 0 Å². The summed E-state index contributed by atoms with van der Waals surface area (Å²) in [5.41, 5.74) is 2.61. The Bertz CT molecular complexity index is 1280. The summed E-state index contributed by atoms with van der Waals surface area (Å²) in [5, 5.41) is 26.9. The van der Waals surface area contributed by atoms with E-state index in [1.165, 1.54) is 6.92 Å². The number of rotatable bonds is 2. The lowest BCUT2D eigenvalue weighted by Crippen LogP contribution is -2.01. The third-order valence-electron chi connectivity index (χ3n) is 4.87. The van der Waals surface area contributed by atoms with E-state index >= 15 is 0 Å². The van der Waals surface area contributed by atoms with Gasteiger partial charge in [0.25, 0.3) is 0 Å². The number of ether oxygens (including phenoxy) is 1. The van der Waals surface area contributed by atoms with Crippen molar-refractivity contribution >= 4 is 67.3 Å². The Morgan fingerprint density at radius 2 is 1.59 bits per heavy atom. The third-order valence-corrected chi connectivity index (χ3v) is 5.85. The smallest absolute Gasteiger partial charge is 0.180 e.